The van der Waals surface area contributed by atoms with Crippen LogP contribution in [0.5, 0.6) is 5.75 Å². The van der Waals surface area contributed by atoms with E-state index < -0.39 is 5.82 Å². The Kier molecular flexibility index (Phi) is 6.95. The first-order valence-corrected chi connectivity index (χ1v) is 13.4. The number of hydrogen-bond acceptors (Lipinski definition) is 8. The van der Waals surface area contributed by atoms with Gasteiger partial charge in [0.25, 0.3) is 11.3 Å². The van der Waals surface area contributed by atoms with Crippen LogP contribution in [0.2, 0.25) is 5.02 Å². The normalized spacial score (nSPS) is 13.9. The number of aromatic nitrogens is 9. The molecule has 0 aliphatic heterocycles. The van der Waals surface area contributed by atoms with Crippen LogP contribution in [0, 0.1) is 11.7 Å². The Morgan fingerprint density at radius 3 is 2.71 bits per heavy atom. The van der Waals surface area contributed by atoms with Crippen LogP contribution in [0.3, 0.4) is 0 Å². The second-order valence-corrected chi connectivity index (χ2v) is 10.2. The van der Waals surface area contributed by atoms with E-state index in [2.05, 4.69) is 25.7 Å². The molecule has 12 nitrogen and oxygen atoms in total. The molecular weight excluding hydrogens is 553 g/mol. The first kappa shape index (κ1) is 26.6. The maximum Gasteiger partial charge on any atom is 0.267 e. The molecule has 0 radical (unpaired) electrons. The Balaban J connectivity index is 1.44. The van der Waals surface area contributed by atoms with E-state index in [1.165, 1.54) is 41.1 Å². The summed E-state index contributed by atoms with van der Waals surface area (Å²) in [6.07, 6.45) is 10.7. The van der Waals surface area contributed by atoms with Crippen molar-refractivity contribution >= 4 is 11.6 Å². The van der Waals surface area contributed by atoms with Crippen LogP contribution in [0.25, 0.3) is 27.9 Å². The van der Waals surface area contributed by atoms with Crippen molar-refractivity contribution in [2.45, 2.75) is 38.8 Å². The minimum Gasteiger partial charge on any atom is -0.496 e. The number of tetrazole rings is 1. The molecule has 4 aromatic heterocycles. The summed E-state index contributed by atoms with van der Waals surface area (Å²) in [4.78, 5) is 12.3. The van der Waals surface area contributed by atoms with Crippen molar-refractivity contribution in [3.8, 4) is 33.7 Å². The van der Waals surface area contributed by atoms with Crippen molar-refractivity contribution in [2.75, 3.05) is 7.11 Å². The molecule has 1 N–H and O–H groups in total. The van der Waals surface area contributed by atoms with Gasteiger partial charge in [-0.3, -0.25) is 14.7 Å². The van der Waals surface area contributed by atoms with Gasteiger partial charge in [-0.15, -0.1) is 5.10 Å². The van der Waals surface area contributed by atoms with E-state index >= 15 is 4.39 Å². The largest absolute Gasteiger partial charge is 0.496 e. The minimum absolute atomic E-state index is 0.0606. The number of aryl methyl sites for hydroxylation is 1. The molecule has 1 fully saturated rings. The second kappa shape index (κ2) is 10.7. The third kappa shape index (κ3) is 5.04. The summed E-state index contributed by atoms with van der Waals surface area (Å²) in [5.74, 6) is 0.0576. The summed E-state index contributed by atoms with van der Waals surface area (Å²) in [6.45, 7) is 2.33. The van der Waals surface area contributed by atoms with Crippen molar-refractivity contribution in [2.24, 2.45) is 5.92 Å². The molecule has 210 valence electrons. The van der Waals surface area contributed by atoms with Crippen LogP contribution in [0.15, 0.2) is 60.2 Å². The van der Waals surface area contributed by atoms with Gasteiger partial charge in [0.2, 0.25) is 6.20 Å². The number of rotatable bonds is 9. The number of methoxy groups -OCH3 is 1. The zero-order valence-corrected chi connectivity index (χ0v) is 23.0. The summed E-state index contributed by atoms with van der Waals surface area (Å²) < 4.78 is 26.6. The standard InChI is InChI=1S/C27H26ClFN9O3/c1-3-35-25(39)9-17(11-31-35)18-12-32-36(13-18)22(8-16-4-5-16)23-10-24(41-2)19(14-38(23)40)26-21(37-15-30-33-34-37)7-6-20(28)27(26)29/h6-7,9-16,22,40H,3-5,8H2,1-2H3/q+1. The smallest absolute Gasteiger partial charge is 0.267 e. The van der Waals surface area contributed by atoms with Gasteiger partial charge < -0.3 is 4.74 Å². The van der Waals surface area contributed by atoms with E-state index in [4.69, 9.17) is 16.3 Å². The Morgan fingerprint density at radius 1 is 1.22 bits per heavy atom. The van der Waals surface area contributed by atoms with Gasteiger partial charge in [-0.1, -0.05) is 24.4 Å². The lowest BCUT2D eigenvalue weighted by atomic mass is 10.0. The highest BCUT2D eigenvalue weighted by molar-refractivity contribution is 6.31. The summed E-state index contributed by atoms with van der Waals surface area (Å²) in [6, 6.07) is 5.81. The fourth-order valence-electron chi connectivity index (χ4n) is 4.92. The molecule has 1 unspecified atom stereocenters. The van der Waals surface area contributed by atoms with E-state index in [9.17, 15) is 10.0 Å². The third-order valence-corrected chi connectivity index (χ3v) is 7.53. The topological polar surface area (TPSA) is 130 Å². The lowest BCUT2D eigenvalue weighted by Gasteiger charge is -2.17. The number of hydrogen-bond donors (Lipinski definition) is 1. The number of pyridine rings is 1. The first-order chi connectivity index (χ1) is 19.9. The Morgan fingerprint density at radius 2 is 2.02 bits per heavy atom. The molecule has 1 aromatic carbocycles. The molecule has 14 heteroatoms. The van der Waals surface area contributed by atoms with Crippen LogP contribution in [-0.2, 0) is 6.54 Å². The predicted octanol–water partition coefficient (Wildman–Crippen LogP) is 3.48. The number of ether oxygens (including phenoxy) is 1. The van der Waals surface area contributed by atoms with E-state index in [0.717, 1.165) is 23.1 Å². The summed E-state index contributed by atoms with van der Waals surface area (Å²) >= 11 is 6.15. The van der Waals surface area contributed by atoms with Crippen LogP contribution < -0.4 is 15.0 Å². The van der Waals surface area contributed by atoms with Crippen molar-refractivity contribution in [3.05, 3.63) is 82.3 Å². The van der Waals surface area contributed by atoms with E-state index in [-0.39, 0.29) is 27.8 Å². The average Bonchev–Trinajstić information content (AvgIpc) is 3.40. The molecule has 41 heavy (non-hydrogen) atoms. The molecule has 6 rings (SSSR count). The van der Waals surface area contributed by atoms with Gasteiger partial charge in [0.1, 0.15) is 18.1 Å². The summed E-state index contributed by atoms with van der Waals surface area (Å²) in [7, 11) is 1.47. The van der Waals surface area contributed by atoms with Gasteiger partial charge in [-0.2, -0.15) is 14.9 Å². The van der Waals surface area contributed by atoms with E-state index in [0.29, 0.717) is 41.6 Å². The van der Waals surface area contributed by atoms with Crippen molar-refractivity contribution < 1.29 is 19.1 Å². The van der Waals surface area contributed by atoms with Gasteiger partial charge in [0.05, 0.1) is 47.4 Å². The highest BCUT2D eigenvalue weighted by Crippen LogP contribution is 2.42. The summed E-state index contributed by atoms with van der Waals surface area (Å²) in [5.41, 5.74) is 2.27. The summed E-state index contributed by atoms with van der Waals surface area (Å²) in [5, 5.41) is 31.2. The zero-order valence-electron chi connectivity index (χ0n) is 22.2. The molecule has 0 amide bonds. The maximum absolute atomic E-state index is 15.5. The Bertz CT molecular complexity index is 1780. The van der Waals surface area contributed by atoms with Crippen LogP contribution >= 0.6 is 11.6 Å². The molecule has 1 aliphatic carbocycles. The maximum atomic E-state index is 15.5. The van der Waals surface area contributed by atoms with Crippen LogP contribution in [-0.4, -0.2) is 52.1 Å². The van der Waals surface area contributed by atoms with Gasteiger partial charge in [-0.25, -0.2) is 9.07 Å². The number of benzene rings is 1. The first-order valence-electron chi connectivity index (χ1n) is 13.0. The molecule has 5 aromatic rings. The van der Waals surface area contributed by atoms with Crippen LogP contribution in [0.4, 0.5) is 4.39 Å². The molecule has 1 aliphatic rings. The van der Waals surface area contributed by atoms with E-state index in [1.54, 1.807) is 29.2 Å². The fourth-order valence-corrected chi connectivity index (χ4v) is 5.08. The van der Waals surface area contributed by atoms with Gasteiger partial charge in [0.15, 0.2) is 5.82 Å². The Hall–Kier alpha value is -4.65. The van der Waals surface area contributed by atoms with Crippen molar-refractivity contribution in [1.82, 2.24) is 39.8 Å². The zero-order chi connectivity index (χ0) is 28.7. The number of halogens is 2. The molecule has 1 saturated carbocycles. The number of nitrogens with zero attached hydrogens (tertiary/aromatic N) is 9. The van der Waals surface area contributed by atoms with Gasteiger partial charge in [0, 0.05) is 34.7 Å². The van der Waals surface area contributed by atoms with E-state index in [1.807, 2.05) is 13.1 Å². The molecule has 4 heterocycles. The minimum atomic E-state index is -0.712. The molecule has 0 bridgehead atoms. The van der Waals surface area contributed by atoms with Crippen molar-refractivity contribution in [3.63, 3.8) is 0 Å². The monoisotopic (exact) mass is 578 g/mol. The lowest BCUT2D eigenvalue weighted by Crippen LogP contribution is -2.38. The highest BCUT2D eigenvalue weighted by Gasteiger charge is 2.35. The SMILES string of the molecule is CCn1ncc(-c2cnn(C(CC3CC3)c3cc(OC)c(-c4c(-n5cnnn5)ccc(Cl)c4F)c[n+]3O)c2)cc1=O. The molecular formula is C27H26ClFN9O3+. The lowest BCUT2D eigenvalue weighted by molar-refractivity contribution is -0.910. The second-order valence-electron chi connectivity index (χ2n) is 9.84. The molecule has 0 saturated heterocycles. The fraction of sp³-hybridized carbons (Fsp3) is 0.296. The highest BCUT2D eigenvalue weighted by atomic mass is 35.5. The average molecular weight is 579 g/mol. The quantitative estimate of drug-likeness (QED) is 0.208. The van der Waals surface area contributed by atoms with Crippen molar-refractivity contribution in [1.29, 1.82) is 0 Å². The predicted molar refractivity (Wildman–Crippen MR) is 144 cm³/mol. The van der Waals surface area contributed by atoms with Gasteiger partial charge >= 0.3 is 0 Å². The molecule has 1 atom stereocenters. The Labute approximate surface area is 238 Å². The van der Waals surface area contributed by atoms with Crippen LogP contribution in [0.1, 0.15) is 37.9 Å². The molecule has 0 spiro atoms. The third-order valence-electron chi connectivity index (χ3n) is 7.24. The van der Waals surface area contributed by atoms with Gasteiger partial charge in [-0.05, 0) is 41.8 Å².